The van der Waals surface area contributed by atoms with E-state index in [1.54, 1.807) is 13.0 Å². The molecular formula is C19H20FN3O3. The largest absolute Gasteiger partial charge is 0.478 e. The fourth-order valence-corrected chi connectivity index (χ4v) is 3.38. The number of hydrogen-bond acceptors (Lipinski definition) is 4. The number of hydrogen-bond donors (Lipinski definition) is 1. The highest BCUT2D eigenvalue weighted by atomic mass is 19.1. The number of carbonyl (C=O) groups excluding carboxylic acids is 1. The van der Waals surface area contributed by atoms with Gasteiger partial charge >= 0.3 is 5.97 Å². The van der Waals surface area contributed by atoms with E-state index in [1.165, 1.54) is 18.5 Å². The Morgan fingerprint density at radius 3 is 2.85 bits per heavy atom. The Morgan fingerprint density at radius 2 is 2.12 bits per heavy atom. The number of halogens is 1. The van der Waals surface area contributed by atoms with Crippen molar-refractivity contribution in [1.29, 1.82) is 0 Å². The van der Waals surface area contributed by atoms with Crippen LogP contribution in [0.4, 0.5) is 4.39 Å². The molecule has 1 aromatic heterocycles. The molecule has 1 amide bonds. The summed E-state index contributed by atoms with van der Waals surface area (Å²) in [7, 11) is 0. The molecule has 1 aliphatic heterocycles. The zero-order valence-corrected chi connectivity index (χ0v) is 14.5. The molecule has 1 atom stereocenters. The number of aromatic carboxylic acids is 1. The van der Waals surface area contributed by atoms with Crippen molar-refractivity contribution < 1.29 is 19.1 Å². The minimum absolute atomic E-state index is 0.00327. The van der Waals surface area contributed by atoms with Crippen LogP contribution in [0, 0.1) is 11.7 Å². The molecule has 0 radical (unpaired) electrons. The Kier molecular flexibility index (Phi) is 5.25. The summed E-state index contributed by atoms with van der Waals surface area (Å²) in [6.45, 7) is 3.05. The smallest absolute Gasteiger partial charge is 0.336 e. The Bertz CT molecular complexity index is 841. The zero-order chi connectivity index (χ0) is 18.7. The first-order valence-electron chi connectivity index (χ1n) is 8.53. The highest BCUT2D eigenvalue weighted by Crippen LogP contribution is 2.25. The van der Waals surface area contributed by atoms with Crippen LogP contribution in [0.1, 0.15) is 35.8 Å². The number of benzene rings is 1. The average Bonchev–Trinajstić information content (AvgIpc) is 2.62. The summed E-state index contributed by atoms with van der Waals surface area (Å²) in [6.07, 6.45) is 3.99. The summed E-state index contributed by atoms with van der Waals surface area (Å²) < 4.78 is 13.6. The number of likely N-dealkylation sites (tertiary alicyclic amines) is 1. The van der Waals surface area contributed by atoms with Gasteiger partial charge in [-0.05, 0) is 49.4 Å². The van der Waals surface area contributed by atoms with E-state index in [1.807, 2.05) is 4.90 Å². The second kappa shape index (κ2) is 7.59. The van der Waals surface area contributed by atoms with Crippen LogP contribution in [0.2, 0.25) is 0 Å². The van der Waals surface area contributed by atoms with Crippen LogP contribution in [0.5, 0.6) is 0 Å². The van der Waals surface area contributed by atoms with E-state index in [4.69, 9.17) is 0 Å². The van der Waals surface area contributed by atoms with Gasteiger partial charge in [0.2, 0.25) is 5.91 Å². The van der Waals surface area contributed by atoms with Gasteiger partial charge in [-0.2, -0.15) is 0 Å². The summed E-state index contributed by atoms with van der Waals surface area (Å²) in [5.74, 6) is -1.29. The number of carboxylic acids is 1. The molecule has 26 heavy (non-hydrogen) atoms. The number of aromatic nitrogens is 2. The molecule has 2 aromatic rings. The third kappa shape index (κ3) is 4.04. The van der Waals surface area contributed by atoms with Crippen molar-refractivity contribution in [3.8, 4) is 11.3 Å². The zero-order valence-electron chi connectivity index (χ0n) is 14.5. The summed E-state index contributed by atoms with van der Waals surface area (Å²) >= 11 is 0. The number of nitrogens with zero attached hydrogens (tertiary/aromatic N) is 3. The topological polar surface area (TPSA) is 83.4 Å². The van der Waals surface area contributed by atoms with Gasteiger partial charge < -0.3 is 10.0 Å². The Balaban J connectivity index is 1.84. The van der Waals surface area contributed by atoms with Crippen LogP contribution in [0.15, 0.2) is 30.6 Å². The van der Waals surface area contributed by atoms with E-state index in [9.17, 15) is 19.1 Å². The molecule has 7 heteroatoms. The summed E-state index contributed by atoms with van der Waals surface area (Å²) in [6, 6.07) is 5.23. The number of amides is 1. The van der Waals surface area contributed by atoms with E-state index < -0.39 is 11.8 Å². The first-order chi connectivity index (χ1) is 12.4. The van der Waals surface area contributed by atoms with Crippen molar-refractivity contribution in [2.24, 2.45) is 5.92 Å². The number of rotatable bonds is 4. The quantitative estimate of drug-likeness (QED) is 0.910. The second-order valence-corrected chi connectivity index (χ2v) is 6.57. The molecule has 136 valence electrons. The molecule has 1 fully saturated rings. The molecule has 1 aromatic carbocycles. The van der Waals surface area contributed by atoms with Crippen molar-refractivity contribution >= 4 is 11.9 Å². The van der Waals surface area contributed by atoms with Gasteiger partial charge in [-0.25, -0.2) is 19.2 Å². The van der Waals surface area contributed by atoms with Gasteiger partial charge in [-0.3, -0.25) is 4.79 Å². The predicted molar refractivity (Wildman–Crippen MR) is 93.1 cm³/mol. The lowest BCUT2D eigenvalue weighted by Gasteiger charge is -2.32. The molecule has 0 bridgehead atoms. The molecule has 3 rings (SSSR count). The maximum Gasteiger partial charge on any atom is 0.336 e. The van der Waals surface area contributed by atoms with Crippen molar-refractivity contribution in [2.45, 2.75) is 26.2 Å². The molecule has 1 N–H and O–H groups in total. The standard InChI is InChI=1S/C19H20FN3O3/c1-12(24)23-6-2-3-13(10-23)7-15-9-18(22-11-21-15)17-8-14(20)4-5-16(17)19(25)26/h4-5,8-9,11,13H,2-3,6-7,10H2,1H3,(H,25,26)/t13-/m1/s1. The Labute approximate surface area is 150 Å². The lowest BCUT2D eigenvalue weighted by atomic mass is 9.92. The van der Waals surface area contributed by atoms with E-state index in [0.29, 0.717) is 24.6 Å². The van der Waals surface area contributed by atoms with Crippen molar-refractivity contribution in [1.82, 2.24) is 14.9 Å². The second-order valence-electron chi connectivity index (χ2n) is 6.57. The maximum absolute atomic E-state index is 13.6. The van der Waals surface area contributed by atoms with Crippen LogP contribution in [0.3, 0.4) is 0 Å². The van der Waals surface area contributed by atoms with Crippen LogP contribution < -0.4 is 0 Å². The molecule has 2 heterocycles. The third-order valence-electron chi connectivity index (χ3n) is 4.67. The first-order valence-corrected chi connectivity index (χ1v) is 8.53. The van der Waals surface area contributed by atoms with E-state index in [0.717, 1.165) is 31.1 Å². The summed E-state index contributed by atoms with van der Waals surface area (Å²) in [5.41, 5.74) is 1.36. The van der Waals surface area contributed by atoms with Crippen molar-refractivity contribution in [3.63, 3.8) is 0 Å². The normalized spacial score (nSPS) is 17.2. The molecule has 0 aliphatic carbocycles. The molecular weight excluding hydrogens is 337 g/mol. The molecule has 0 unspecified atom stereocenters. The van der Waals surface area contributed by atoms with E-state index in [2.05, 4.69) is 9.97 Å². The molecule has 1 saturated heterocycles. The number of carboxylic acid groups (broad SMARTS) is 1. The van der Waals surface area contributed by atoms with Crippen molar-refractivity contribution in [3.05, 3.63) is 47.7 Å². The van der Waals surface area contributed by atoms with E-state index in [-0.39, 0.29) is 17.0 Å². The lowest BCUT2D eigenvalue weighted by Crippen LogP contribution is -2.39. The Morgan fingerprint density at radius 1 is 1.31 bits per heavy atom. The minimum Gasteiger partial charge on any atom is -0.478 e. The summed E-state index contributed by atoms with van der Waals surface area (Å²) in [4.78, 5) is 33.2. The monoisotopic (exact) mass is 357 g/mol. The predicted octanol–water partition coefficient (Wildman–Crippen LogP) is 2.78. The van der Waals surface area contributed by atoms with Gasteiger partial charge in [0.1, 0.15) is 12.1 Å². The third-order valence-corrected chi connectivity index (χ3v) is 4.67. The average molecular weight is 357 g/mol. The van der Waals surface area contributed by atoms with Crippen LogP contribution in [-0.2, 0) is 11.2 Å². The maximum atomic E-state index is 13.6. The minimum atomic E-state index is -1.13. The molecule has 1 aliphatic rings. The molecule has 0 saturated carbocycles. The highest BCUT2D eigenvalue weighted by molar-refractivity contribution is 5.95. The number of piperidine rings is 1. The van der Waals surface area contributed by atoms with Gasteiger partial charge in [0.15, 0.2) is 0 Å². The van der Waals surface area contributed by atoms with Gasteiger partial charge in [0, 0.05) is 31.3 Å². The fraction of sp³-hybridized carbons (Fsp3) is 0.368. The highest BCUT2D eigenvalue weighted by Gasteiger charge is 2.22. The number of carbonyl (C=O) groups is 2. The fourth-order valence-electron chi connectivity index (χ4n) is 3.38. The van der Waals surface area contributed by atoms with E-state index >= 15 is 0 Å². The van der Waals surface area contributed by atoms with Crippen LogP contribution in [0.25, 0.3) is 11.3 Å². The van der Waals surface area contributed by atoms with Gasteiger partial charge in [-0.15, -0.1) is 0 Å². The van der Waals surface area contributed by atoms with Crippen molar-refractivity contribution in [2.75, 3.05) is 13.1 Å². The molecule has 0 spiro atoms. The lowest BCUT2D eigenvalue weighted by molar-refractivity contribution is -0.130. The van der Waals surface area contributed by atoms with Gasteiger partial charge in [0.25, 0.3) is 0 Å². The first kappa shape index (κ1) is 18.0. The van der Waals surface area contributed by atoms with Gasteiger partial charge in [0.05, 0.1) is 11.3 Å². The molecule has 6 nitrogen and oxygen atoms in total. The summed E-state index contributed by atoms with van der Waals surface area (Å²) in [5, 5.41) is 9.33. The van der Waals surface area contributed by atoms with Crippen LogP contribution >= 0.6 is 0 Å². The Hall–Kier alpha value is -2.83. The van der Waals surface area contributed by atoms with Gasteiger partial charge in [-0.1, -0.05) is 0 Å². The SMILES string of the molecule is CC(=O)N1CCC[C@H](Cc2cc(-c3cc(F)ccc3C(=O)O)ncn2)C1. The van der Waals surface area contributed by atoms with Crippen LogP contribution in [-0.4, -0.2) is 44.9 Å².